The normalized spacial score (nSPS) is 12.0. The molecule has 1 atom stereocenters. The van der Waals surface area contributed by atoms with Gasteiger partial charge in [0.25, 0.3) is 11.5 Å². The Bertz CT molecular complexity index is 1070. The van der Waals surface area contributed by atoms with E-state index in [-0.39, 0.29) is 23.6 Å². The number of aliphatic hydroxyl groups excluding tert-OH is 1. The molecule has 3 aromatic rings. The predicted molar refractivity (Wildman–Crippen MR) is 110 cm³/mol. The Morgan fingerprint density at radius 2 is 1.83 bits per heavy atom. The molecule has 0 aliphatic carbocycles. The van der Waals surface area contributed by atoms with Crippen molar-refractivity contribution in [2.45, 2.75) is 19.2 Å². The van der Waals surface area contributed by atoms with Crippen molar-refractivity contribution in [2.75, 3.05) is 14.1 Å². The molecule has 3 rings (SSSR count). The monoisotopic (exact) mass is 410 g/mol. The third kappa shape index (κ3) is 4.79. The first-order chi connectivity index (χ1) is 14.4. The predicted octanol–water partition coefficient (Wildman–Crippen LogP) is 1.98. The molecule has 0 saturated carbocycles. The number of nitrogens with one attached hydrogen (secondary N) is 2. The molecule has 3 N–H and O–H groups in total. The number of carbonyl (C=O) groups is 1. The molecule has 0 fully saturated rings. The zero-order valence-electron chi connectivity index (χ0n) is 16.7. The Kier molecular flexibility index (Phi) is 6.71. The van der Waals surface area contributed by atoms with Gasteiger partial charge in [-0.1, -0.05) is 42.5 Å². The van der Waals surface area contributed by atoms with Crippen LogP contribution < -0.4 is 10.9 Å². The summed E-state index contributed by atoms with van der Waals surface area (Å²) in [6.45, 7) is -0.497. The number of hydrogen-bond acceptors (Lipinski definition) is 5. The number of carbonyl (C=O) groups excluding carboxylic acids is 1. The van der Waals surface area contributed by atoms with Crippen LogP contribution in [0.5, 0.6) is 0 Å². The highest BCUT2D eigenvalue weighted by Gasteiger charge is 2.24. The molecule has 0 saturated heterocycles. The van der Waals surface area contributed by atoms with E-state index in [0.717, 1.165) is 5.56 Å². The van der Waals surface area contributed by atoms with E-state index in [1.54, 1.807) is 12.1 Å². The lowest BCUT2D eigenvalue weighted by Crippen LogP contribution is -2.33. The fraction of sp³-hybridized carbons (Fsp3) is 0.227. The molecule has 0 spiro atoms. The fourth-order valence-electron chi connectivity index (χ4n) is 3.18. The summed E-state index contributed by atoms with van der Waals surface area (Å²) in [6.07, 6.45) is 0. The Morgan fingerprint density at radius 1 is 1.17 bits per heavy atom. The van der Waals surface area contributed by atoms with Crippen LogP contribution in [0.25, 0.3) is 0 Å². The van der Waals surface area contributed by atoms with Crippen LogP contribution in [0.1, 0.15) is 39.0 Å². The molecular weight excluding hydrogens is 387 g/mol. The molecule has 2 aromatic carbocycles. The maximum absolute atomic E-state index is 13.1. The van der Waals surface area contributed by atoms with E-state index in [1.807, 2.05) is 49.3 Å². The molecule has 0 radical (unpaired) electrons. The zero-order chi connectivity index (χ0) is 21.7. The van der Waals surface area contributed by atoms with Crippen LogP contribution in [-0.4, -0.2) is 40.0 Å². The highest BCUT2D eigenvalue weighted by atomic mass is 19.1. The molecule has 30 heavy (non-hydrogen) atoms. The smallest absolute Gasteiger partial charge is 0.270 e. The van der Waals surface area contributed by atoms with E-state index in [2.05, 4.69) is 15.3 Å². The third-order valence-electron chi connectivity index (χ3n) is 4.66. The van der Waals surface area contributed by atoms with Gasteiger partial charge in [0.1, 0.15) is 17.3 Å². The third-order valence-corrected chi connectivity index (χ3v) is 4.66. The minimum Gasteiger partial charge on any atom is -0.391 e. The van der Waals surface area contributed by atoms with Crippen molar-refractivity contribution in [2.24, 2.45) is 0 Å². The van der Waals surface area contributed by atoms with Crippen LogP contribution in [0.4, 0.5) is 4.39 Å². The lowest BCUT2D eigenvalue weighted by atomic mass is 10.0. The van der Waals surface area contributed by atoms with Crippen molar-refractivity contribution in [1.82, 2.24) is 20.2 Å². The number of aromatic amines is 1. The SMILES string of the molecule is CN(C)C(c1ccccc1)c1nc(C(=O)NCc2ccc(F)cc2)c(CO)c(=O)[nH]1. The van der Waals surface area contributed by atoms with Crippen LogP contribution in [0.3, 0.4) is 0 Å². The van der Waals surface area contributed by atoms with E-state index in [0.29, 0.717) is 11.4 Å². The van der Waals surface area contributed by atoms with E-state index < -0.39 is 24.1 Å². The number of benzene rings is 2. The second-order valence-electron chi connectivity index (χ2n) is 7.02. The maximum Gasteiger partial charge on any atom is 0.270 e. The van der Waals surface area contributed by atoms with Gasteiger partial charge in [0, 0.05) is 6.54 Å². The maximum atomic E-state index is 13.1. The minimum absolute atomic E-state index is 0.110. The summed E-state index contributed by atoms with van der Waals surface area (Å²) in [5.41, 5.74) is 0.759. The van der Waals surface area contributed by atoms with Gasteiger partial charge in [0.2, 0.25) is 0 Å². The van der Waals surface area contributed by atoms with Crippen LogP contribution >= 0.6 is 0 Å². The number of halogens is 1. The Labute approximate surface area is 173 Å². The van der Waals surface area contributed by atoms with Crippen molar-refractivity contribution in [3.8, 4) is 0 Å². The Balaban J connectivity index is 1.95. The van der Waals surface area contributed by atoms with Crippen molar-refractivity contribution in [3.63, 3.8) is 0 Å². The molecule has 8 heteroatoms. The number of aliphatic hydroxyl groups is 1. The average Bonchev–Trinajstić information content (AvgIpc) is 2.73. The number of H-pyrrole nitrogens is 1. The molecule has 156 valence electrons. The zero-order valence-corrected chi connectivity index (χ0v) is 16.7. The lowest BCUT2D eigenvalue weighted by molar-refractivity contribution is 0.0941. The largest absolute Gasteiger partial charge is 0.391 e. The summed E-state index contributed by atoms with van der Waals surface area (Å²) in [6, 6.07) is 14.7. The first-order valence-corrected chi connectivity index (χ1v) is 9.38. The summed E-state index contributed by atoms with van der Waals surface area (Å²) >= 11 is 0. The van der Waals surface area contributed by atoms with Crippen LogP contribution in [0.15, 0.2) is 59.4 Å². The van der Waals surface area contributed by atoms with Crippen molar-refractivity contribution in [1.29, 1.82) is 0 Å². The second kappa shape index (κ2) is 9.43. The molecular formula is C22H23FN4O3. The molecule has 1 unspecified atom stereocenters. The van der Waals surface area contributed by atoms with Gasteiger partial charge >= 0.3 is 0 Å². The van der Waals surface area contributed by atoms with Gasteiger partial charge < -0.3 is 15.4 Å². The van der Waals surface area contributed by atoms with Crippen LogP contribution in [-0.2, 0) is 13.2 Å². The van der Waals surface area contributed by atoms with Gasteiger partial charge in [0.15, 0.2) is 0 Å². The van der Waals surface area contributed by atoms with E-state index in [9.17, 15) is 19.1 Å². The van der Waals surface area contributed by atoms with Crippen molar-refractivity contribution in [3.05, 3.63) is 99.0 Å². The molecule has 0 aliphatic heterocycles. The fourth-order valence-corrected chi connectivity index (χ4v) is 3.18. The summed E-state index contributed by atoms with van der Waals surface area (Å²) in [5, 5.41) is 12.3. The van der Waals surface area contributed by atoms with Crippen molar-refractivity contribution >= 4 is 5.91 Å². The van der Waals surface area contributed by atoms with Crippen molar-refractivity contribution < 1.29 is 14.3 Å². The summed E-state index contributed by atoms with van der Waals surface area (Å²) in [7, 11) is 3.68. The highest BCUT2D eigenvalue weighted by Crippen LogP contribution is 2.23. The Morgan fingerprint density at radius 3 is 2.43 bits per heavy atom. The standard InChI is InChI=1S/C22H23FN4O3/c1-27(2)19(15-6-4-3-5-7-15)20-25-18(17(13-28)21(29)26-20)22(30)24-12-14-8-10-16(23)11-9-14/h3-11,19,28H,12-13H2,1-2H3,(H,24,30)(H,25,26,29). The van der Waals surface area contributed by atoms with Gasteiger partial charge in [-0.05, 0) is 37.4 Å². The van der Waals surface area contributed by atoms with Gasteiger partial charge in [-0.3, -0.25) is 14.5 Å². The molecule has 0 aliphatic rings. The first kappa shape index (κ1) is 21.4. The van der Waals surface area contributed by atoms with Crippen LogP contribution in [0, 0.1) is 5.82 Å². The van der Waals surface area contributed by atoms with E-state index in [4.69, 9.17) is 0 Å². The van der Waals surface area contributed by atoms with Gasteiger partial charge in [0.05, 0.1) is 18.2 Å². The lowest BCUT2D eigenvalue weighted by Gasteiger charge is -2.24. The minimum atomic E-state index is -0.625. The number of rotatable bonds is 7. The molecule has 1 amide bonds. The number of hydrogen-bond donors (Lipinski definition) is 3. The van der Waals surface area contributed by atoms with Gasteiger partial charge in [-0.25, -0.2) is 9.37 Å². The average molecular weight is 410 g/mol. The second-order valence-corrected chi connectivity index (χ2v) is 7.02. The number of nitrogens with zero attached hydrogens (tertiary/aromatic N) is 2. The van der Waals surface area contributed by atoms with Gasteiger partial charge in [-0.15, -0.1) is 0 Å². The van der Waals surface area contributed by atoms with E-state index >= 15 is 0 Å². The number of aromatic nitrogens is 2. The number of amides is 1. The Hall–Kier alpha value is -3.36. The van der Waals surface area contributed by atoms with Crippen LogP contribution in [0.2, 0.25) is 0 Å². The summed E-state index contributed by atoms with van der Waals surface area (Å²) in [4.78, 5) is 34.3. The topological polar surface area (TPSA) is 98.3 Å². The highest BCUT2D eigenvalue weighted by molar-refractivity contribution is 5.93. The summed E-state index contributed by atoms with van der Waals surface area (Å²) < 4.78 is 13.1. The first-order valence-electron chi connectivity index (χ1n) is 9.38. The molecule has 1 aromatic heterocycles. The molecule has 1 heterocycles. The molecule has 0 bridgehead atoms. The quantitative estimate of drug-likeness (QED) is 0.553. The van der Waals surface area contributed by atoms with E-state index in [1.165, 1.54) is 12.1 Å². The summed E-state index contributed by atoms with van der Waals surface area (Å²) in [5.74, 6) is -0.675. The van der Waals surface area contributed by atoms with Gasteiger partial charge in [-0.2, -0.15) is 0 Å². The molecule has 7 nitrogen and oxygen atoms in total.